The van der Waals surface area contributed by atoms with E-state index in [2.05, 4.69) is 15.5 Å². The average molecular weight is 300 g/mol. The molecule has 114 valence electrons. The highest BCUT2D eigenvalue weighted by Gasteiger charge is 2.29. The maximum absolute atomic E-state index is 12.2. The second-order valence-electron chi connectivity index (χ2n) is 5.22. The van der Waals surface area contributed by atoms with Crippen LogP contribution in [0.4, 0.5) is 0 Å². The van der Waals surface area contributed by atoms with Crippen molar-refractivity contribution in [2.24, 2.45) is 0 Å². The summed E-state index contributed by atoms with van der Waals surface area (Å²) in [6, 6.07) is -0.0144. The van der Waals surface area contributed by atoms with Crippen molar-refractivity contribution in [3.63, 3.8) is 0 Å². The first kappa shape index (κ1) is 15.6. The number of nitrogens with zero attached hydrogens (tertiary/aromatic N) is 2. The van der Waals surface area contributed by atoms with E-state index in [0.29, 0.717) is 6.54 Å². The van der Waals surface area contributed by atoms with Crippen LogP contribution in [0.2, 0.25) is 0 Å². The fourth-order valence-electron chi connectivity index (χ4n) is 2.42. The summed E-state index contributed by atoms with van der Waals surface area (Å²) in [7, 11) is 0. The van der Waals surface area contributed by atoms with E-state index in [1.807, 2.05) is 11.8 Å². The summed E-state index contributed by atoms with van der Waals surface area (Å²) in [4.78, 5) is 27.9. The first-order valence-electron chi connectivity index (χ1n) is 7.29. The highest BCUT2D eigenvalue weighted by Crippen LogP contribution is 2.13. The molecule has 0 aliphatic carbocycles. The largest absolute Gasteiger partial charge is 0.355 e. The molecule has 0 aromatic carbocycles. The Labute approximate surface area is 124 Å². The average Bonchev–Trinajstić information content (AvgIpc) is 2.99. The smallest absolute Gasteiger partial charge is 0.240 e. The molecule has 2 amide bonds. The molecule has 2 aliphatic heterocycles. The fourth-order valence-corrected chi connectivity index (χ4v) is 3.36. The van der Waals surface area contributed by atoms with E-state index in [-0.39, 0.29) is 17.9 Å². The van der Waals surface area contributed by atoms with E-state index < -0.39 is 0 Å². The zero-order valence-corrected chi connectivity index (χ0v) is 12.9. The lowest BCUT2D eigenvalue weighted by Gasteiger charge is -2.35. The molecule has 2 aliphatic rings. The highest BCUT2D eigenvalue weighted by atomic mass is 32.2. The fraction of sp³-hybridized carbons (Fsp3) is 0.846. The van der Waals surface area contributed by atoms with Gasteiger partial charge in [0.05, 0.1) is 12.6 Å². The zero-order chi connectivity index (χ0) is 14.4. The van der Waals surface area contributed by atoms with Gasteiger partial charge in [0.1, 0.15) is 0 Å². The molecule has 6 nitrogen and oxygen atoms in total. The van der Waals surface area contributed by atoms with Crippen molar-refractivity contribution < 1.29 is 9.59 Å². The van der Waals surface area contributed by atoms with Crippen molar-refractivity contribution in [1.82, 2.24) is 20.4 Å². The van der Waals surface area contributed by atoms with Crippen LogP contribution in [-0.4, -0.2) is 78.6 Å². The Morgan fingerprint density at radius 1 is 1.30 bits per heavy atom. The van der Waals surface area contributed by atoms with Gasteiger partial charge in [-0.3, -0.25) is 19.8 Å². The molecule has 0 aromatic rings. The Morgan fingerprint density at radius 3 is 2.65 bits per heavy atom. The summed E-state index contributed by atoms with van der Waals surface area (Å²) in [6.45, 7) is 6.24. The molecule has 0 spiro atoms. The van der Waals surface area contributed by atoms with Crippen LogP contribution in [0.15, 0.2) is 0 Å². The van der Waals surface area contributed by atoms with Gasteiger partial charge in [-0.1, -0.05) is 6.92 Å². The second-order valence-corrected chi connectivity index (χ2v) is 6.25. The van der Waals surface area contributed by atoms with Crippen LogP contribution in [0.5, 0.6) is 0 Å². The lowest BCUT2D eigenvalue weighted by molar-refractivity contribution is -0.134. The summed E-state index contributed by atoms with van der Waals surface area (Å²) in [5, 5.41) is 6.10. The van der Waals surface area contributed by atoms with Gasteiger partial charge >= 0.3 is 0 Å². The molecule has 2 rings (SSSR count). The summed E-state index contributed by atoms with van der Waals surface area (Å²) < 4.78 is 0. The van der Waals surface area contributed by atoms with Crippen molar-refractivity contribution in [1.29, 1.82) is 0 Å². The zero-order valence-electron chi connectivity index (χ0n) is 12.1. The van der Waals surface area contributed by atoms with Crippen LogP contribution in [-0.2, 0) is 9.59 Å². The maximum Gasteiger partial charge on any atom is 0.240 e. The van der Waals surface area contributed by atoms with Gasteiger partial charge in [0, 0.05) is 44.4 Å². The third-order valence-corrected chi connectivity index (χ3v) is 4.58. The number of rotatable bonds is 5. The minimum Gasteiger partial charge on any atom is -0.355 e. The molecule has 1 unspecified atom stereocenters. The predicted molar refractivity (Wildman–Crippen MR) is 80.6 cm³/mol. The number of carbonyl (C=O) groups is 2. The molecule has 7 heteroatoms. The number of thioether (sulfide) groups is 1. The maximum atomic E-state index is 12.2. The lowest BCUT2D eigenvalue weighted by atomic mass is 10.2. The number of nitrogens with one attached hydrogen (secondary N) is 2. The van der Waals surface area contributed by atoms with Crippen LogP contribution < -0.4 is 10.6 Å². The minimum atomic E-state index is -0.0144. The number of piperazine rings is 1. The second kappa shape index (κ2) is 7.85. The quantitative estimate of drug-likeness (QED) is 0.704. The van der Waals surface area contributed by atoms with Gasteiger partial charge < -0.3 is 10.2 Å². The Morgan fingerprint density at radius 2 is 2.05 bits per heavy atom. The highest BCUT2D eigenvalue weighted by molar-refractivity contribution is 7.99. The van der Waals surface area contributed by atoms with Crippen LogP contribution in [0.3, 0.4) is 0 Å². The van der Waals surface area contributed by atoms with Crippen molar-refractivity contribution in [2.45, 2.75) is 19.4 Å². The Bertz CT molecular complexity index is 339. The first-order valence-corrected chi connectivity index (χ1v) is 8.45. The number of amides is 2. The van der Waals surface area contributed by atoms with Gasteiger partial charge in [-0.05, 0) is 6.42 Å². The van der Waals surface area contributed by atoms with Crippen molar-refractivity contribution in [3.05, 3.63) is 0 Å². The molecular formula is C13H24N4O2S. The first-order chi connectivity index (χ1) is 9.70. The monoisotopic (exact) mass is 300 g/mol. The van der Waals surface area contributed by atoms with Gasteiger partial charge in [0.15, 0.2) is 0 Å². The standard InChI is InChI=1S/C13H24N4O2S/c1-2-3-14-12(18)8-16-4-6-17(7-5-16)13(19)11-9-20-10-15-11/h11,15H,2-10H2,1H3,(H,14,18). The molecule has 0 radical (unpaired) electrons. The number of hydrogen-bond acceptors (Lipinski definition) is 5. The van der Waals surface area contributed by atoms with E-state index in [1.54, 1.807) is 11.8 Å². The summed E-state index contributed by atoms with van der Waals surface area (Å²) in [6.07, 6.45) is 0.959. The molecule has 0 saturated carbocycles. The Hall–Kier alpha value is -0.790. The molecule has 2 heterocycles. The summed E-state index contributed by atoms with van der Waals surface area (Å²) in [5.74, 6) is 2.04. The Kier molecular flexibility index (Phi) is 6.12. The molecule has 1 atom stereocenters. The van der Waals surface area contributed by atoms with Crippen molar-refractivity contribution in [2.75, 3.05) is 50.9 Å². The third-order valence-electron chi connectivity index (χ3n) is 3.64. The Balaban J connectivity index is 1.69. The van der Waals surface area contributed by atoms with Crippen molar-refractivity contribution >= 4 is 23.6 Å². The van der Waals surface area contributed by atoms with E-state index in [1.165, 1.54) is 0 Å². The molecule has 2 N–H and O–H groups in total. The van der Waals surface area contributed by atoms with Crippen LogP contribution in [0, 0.1) is 0 Å². The van der Waals surface area contributed by atoms with E-state index >= 15 is 0 Å². The molecule has 0 aromatic heterocycles. The molecule has 20 heavy (non-hydrogen) atoms. The topological polar surface area (TPSA) is 64.7 Å². The molecule has 2 saturated heterocycles. The van der Waals surface area contributed by atoms with E-state index in [0.717, 1.165) is 50.8 Å². The SMILES string of the molecule is CCCNC(=O)CN1CCN(C(=O)C2CSCN2)CC1. The van der Waals surface area contributed by atoms with Gasteiger partial charge in [-0.25, -0.2) is 0 Å². The predicted octanol–water partition coefficient (Wildman–Crippen LogP) is -0.681. The molecule has 2 fully saturated rings. The van der Waals surface area contributed by atoms with Crippen LogP contribution >= 0.6 is 11.8 Å². The number of carbonyl (C=O) groups excluding carboxylic acids is 2. The molecule has 0 bridgehead atoms. The normalized spacial score (nSPS) is 23.9. The molecular weight excluding hydrogens is 276 g/mol. The van der Waals surface area contributed by atoms with Gasteiger partial charge in [0.25, 0.3) is 0 Å². The van der Waals surface area contributed by atoms with Gasteiger partial charge in [0.2, 0.25) is 11.8 Å². The minimum absolute atomic E-state index is 0.0144. The summed E-state index contributed by atoms with van der Waals surface area (Å²) >= 11 is 1.77. The van der Waals surface area contributed by atoms with Crippen LogP contribution in [0.25, 0.3) is 0 Å². The van der Waals surface area contributed by atoms with Crippen LogP contribution in [0.1, 0.15) is 13.3 Å². The summed E-state index contributed by atoms with van der Waals surface area (Å²) in [5.41, 5.74) is 0. The third kappa shape index (κ3) is 4.36. The van der Waals surface area contributed by atoms with E-state index in [4.69, 9.17) is 0 Å². The van der Waals surface area contributed by atoms with Gasteiger partial charge in [-0.2, -0.15) is 0 Å². The lowest BCUT2D eigenvalue weighted by Crippen LogP contribution is -2.54. The van der Waals surface area contributed by atoms with Gasteiger partial charge in [-0.15, -0.1) is 11.8 Å². The number of hydrogen-bond donors (Lipinski definition) is 2. The van der Waals surface area contributed by atoms with Crippen molar-refractivity contribution in [3.8, 4) is 0 Å². The van der Waals surface area contributed by atoms with E-state index in [9.17, 15) is 9.59 Å².